The van der Waals surface area contributed by atoms with Gasteiger partial charge in [0.15, 0.2) is 0 Å². The van der Waals surface area contributed by atoms with E-state index in [2.05, 4.69) is 5.32 Å². The number of non-ortho nitro benzene ring substituents is 1. The fourth-order valence-corrected chi connectivity index (χ4v) is 3.61. The van der Waals surface area contributed by atoms with Crippen LogP contribution < -0.4 is 5.32 Å². The Bertz CT molecular complexity index is 934. The van der Waals surface area contributed by atoms with Crippen LogP contribution in [-0.4, -0.2) is 34.2 Å². The maximum atomic E-state index is 12.8. The van der Waals surface area contributed by atoms with E-state index in [1.54, 1.807) is 35.2 Å². The smallest absolute Gasteiger partial charge is 0.269 e. The van der Waals surface area contributed by atoms with Crippen LogP contribution in [-0.2, 0) is 16.0 Å². The van der Waals surface area contributed by atoms with Crippen LogP contribution in [0.1, 0.15) is 24.8 Å². The van der Waals surface area contributed by atoms with Gasteiger partial charge in [0.05, 0.1) is 21.4 Å². The van der Waals surface area contributed by atoms with Crippen molar-refractivity contribution in [3.63, 3.8) is 0 Å². The highest BCUT2D eigenvalue weighted by Gasteiger charge is 2.32. The third-order valence-corrected chi connectivity index (χ3v) is 5.55. The summed E-state index contributed by atoms with van der Waals surface area (Å²) in [5, 5.41) is 14.3. The maximum Gasteiger partial charge on any atom is 0.269 e. The van der Waals surface area contributed by atoms with Gasteiger partial charge in [-0.2, -0.15) is 0 Å². The van der Waals surface area contributed by atoms with Gasteiger partial charge in [0.25, 0.3) is 5.69 Å². The van der Waals surface area contributed by atoms with Crippen molar-refractivity contribution in [3.8, 4) is 0 Å². The predicted molar refractivity (Wildman–Crippen MR) is 111 cm³/mol. The van der Waals surface area contributed by atoms with E-state index >= 15 is 0 Å². The van der Waals surface area contributed by atoms with Gasteiger partial charge in [-0.3, -0.25) is 19.7 Å². The monoisotopic (exact) mass is 435 g/mol. The number of hydrogen-bond donors (Lipinski definition) is 1. The van der Waals surface area contributed by atoms with Crippen LogP contribution in [0.3, 0.4) is 0 Å². The van der Waals surface area contributed by atoms with Gasteiger partial charge in [0.2, 0.25) is 11.8 Å². The number of amides is 2. The van der Waals surface area contributed by atoms with E-state index in [0.29, 0.717) is 34.3 Å². The summed E-state index contributed by atoms with van der Waals surface area (Å²) < 4.78 is 0. The first-order chi connectivity index (χ1) is 13.8. The molecule has 1 heterocycles. The summed E-state index contributed by atoms with van der Waals surface area (Å²) in [6, 6.07) is 10.1. The Kier molecular flexibility index (Phi) is 6.71. The number of anilines is 1. The van der Waals surface area contributed by atoms with Crippen LogP contribution in [0.15, 0.2) is 42.5 Å². The van der Waals surface area contributed by atoms with Gasteiger partial charge in [-0.05, 0) is 43.0 Å². The van der Waals surface area contributed by atoms with Crippen molar-refractivity contribution in [2.45, 2.75) is 31.7 Å². The van der Waals surface area contributed by atoms with Gasteiger partial charge in [0, 0.05) is 24.4 Å². The molecule has 3 rings (SSSR count). The molecule has 2 aromatic rings. The summed E-state index contributed by atoms with van der Waals surface area (Å²) in [5.41, 5.74) is 1.14. The first kappa shape index (κ1) is 21.1. The molecule has 1 N–H and O–H groups in total. The van der Waals surface area contributed by atoms with E-state index in [9.17, 15) is 19.7 Å². The SMILES string of the molecule is O=C(Nc1ccc(Cl)c(Cl)c1)C1CCCCN1C(=O)Cc1ccc([N+](=O)[O-])cc1. The fourth-order valence-electron chi connectivity index (χ4n) is 3.31. The van der Waals surface area contributed by atoms with E-state index in [0.717, 1.165) is 12.8 Å². The molecule has 1 atom stereocenters. The van der Waals surface area contributed by atoms with E-state index in [1.165, 1.54) is 12.1 Å². The van der Waals surface area contributed by atoms with Crippen molar-refractivity contribution < 1.29 is 14.5 Å². The molecule has 0 radical (unpaired) electrons. The average Bonchev–Trinajstić information content (AvgIpc) is 2.71. The number of nitrogens with zero attached hydrogens (tertiary/aromatic N) is 2. The molecule has 2 aromatic carbocycles. The zero-order valence-electron chi connectivity index (χ0n) is 15.4. The summed E-state index contributed by atoms with van der Waals surface area (Å²) in [7, 11) is 0. The lowest BCUT2D eigenvalue weighted by Gasteiger charge is -2.34. The Balaban J connectivity index is 1.69. The molecule has 29 heavy (non-hydrogen) atoms. The highest BCUT2D eigenvalue weighted by molar-refractivity contribution is 6.42. The minimum absolute atomic E-state index is 0.0296. The van der Waals surface area contributed by atoms with Gasteiger partial charge in [-0.15, -0.1) is 0 Å². The average molecular weight is 436 g/mol. The first-order valence-electron chi connectivity index (χ1n) is 9.14. The lowest BCUT2D eigenvalue weighted by atomic mass is 9.99. The molecule has 1 fully saturated rings. The van der Waals surface area contributed by atoms with Gasteiger partial charge in [0.1, 0.15) is 6.04 Å². The third kappa shape index (κ3) is 5.25. The molecule has 1 unspecified atom stereocenters. The van der Waals surface area contributed by atoms with Gasteiger partial charge in [-0.25, -0.2) is 0 Å². The molecule has 0 aromatic heterocycles. The standard InChI is InChI=1S/C20H19Cl2N3O4/c21-16-9-6-14(12-17(16)22)23-20(27)18-3-1-2-10-24(18)19(26)11-13-4-7-15(8-5-13)25(28)29/h4-9,12,18H,1-3,10-11H2,(H,23,27). The zero-order chi connectivity index (χ0) is 21.0. The Labute approximate surface area is 177 Å². The predicted octanol–water partition coefficient (Wildman–Crippen LogP) is 4.46. The number of nitro benzene ring substituents is 1. The zero-order valence-corrected chi connectivity index (χ0v) is 16.9. The number of nitro groups is 1. The Morgan fingerprint density at radius 3 is 2.48 bits per heavy atom. The fraction of sp³-hybridized carbons (Fsp3) is 0.300. The summed E-state index contributed by atoms with van der Waals surface area (Å²) in [6.07, 6.45) is 2.32. The molecule has 0 aliphatic carbocycles. The lowest BCUT2D eigenvalue weighted by Crippen LogP contribution is -2.50. The van der Waals surface area contributed by atoms with Gasteiger partial charge < -0.3 is 10.2 Å². The molecule has 1 aliphatic rings. The molecule has 2 amide bonds. The largest absolute Gasteiger partial charge is 0.330 e. The van der Waals surface area contributed by atoms with Crippen LogP contribution in [0.5, 0.6) is 0 Å². The number of hydrogen-bond acceptors (Lipinski definition) is 4. The number of benzene rings is 2. The lowest BCUT2D eigenvalue weighted by molar-refractivity contribution is -0.384. The third-order valence-electron chi connectivity index (χ3n) is 4.82. The number of carbonyl (C=O) groups excluding carboxylic acids is 2. The number of rotatable bonds is 5. The number of carbonyl (C=O) groups is 2. The summed E-state index contributed by atoms with van der Waals surface area (Å²) in [6.45, 7) is 0.491. The second-order valence-electron chi connectivity index (χ2n) is 6.82. The quantitative estimate of drug-likeness (QED) is 0.553. The highest BCUT2D eigenvalue weighted by Crippen LogP contribution is 2.26. The molecular weight excluding hydrogens is 417 g/mol. The Morgan fingerprint density at radius 1 is 1.10 bits per heavy atom. The molecule has 152 valence electrons. The maximum absolute atomic E-state index is 12.8. The molecule has 0 spiro atoms. The van der Waals surface area contributed by atoms with Crippen molar-refractivity contribution in [1.29, 1.82) is 0 Å². The number of piperidine rings is 1. The summed E-state index contributed by atoms with van der Waals surface area (Å²) in [5.74, 6) is -0.465. The Morgan fingerprint density at radius 2 is 1.83 bits per heavy atom. The molecular formula is C20H19Cl2N3O4. The number of nitrogens with one attached hydrogen (secondary N) is 1. The molecule has 0 saturated carbocycles. The van der Waals surface area contributed by atoms with E-state index in [4.69, 9.17) is 23.2 Å². The Hall–Kier alpha value is -2.64. The van der Waals surface area contributed by atoms with E-state index < -0.39 is 11.0 Å². The number of halogens is 2. The van der Waals surface area contributed by atoms with Crippen LogP contribution >= 0.6 is 23.2 Å². The van der Waals surface area contributed by atoms with E-state index in [1.807, 2.05) is 0 Å². The summed E-state index contributed by atoms with van der Waals surface area (Å²) in [4.78, 5) is 37.5. The highest BCUT2D eigenvalue weighted by atomic mass is 35.5. The topological polar surface area (TPSA) is 92.6 Å². The molecule has 1 aliphatic heterocycles. The van der Waals surface area contributed by atoms with Crippen LogP contribution in [0.2, 0.25) is 10.0 Å². The second-order valence-corrected chi connectivity index (χ2v) is 7.63. The molecule has 0 bridgehead atoms. The normalized spacial score (nSPS) is 16.3. The van der Waals surface area contributed by atoms with Crippen molar-refractivity contribution in [2.75, 3.05) is 11.9 Å². The van der Waals surface area contributed by atoms with Crippen molar-refractivity contribution >= 4 is 46.4 Å². The van der Waals surface area contributed by atoms with Crippen LogP contribution in [0.4, 0.5) is 11.4 Å². The first-order valence-corrected chi connectivity index (χ1v) is 9.89. The second kappa shape index (κ2) is 9.24. The minimum Gasteiger partial charge on any atom is -0.330 e. The van der Waals surface area contributed by atoms with Gasteiger partial charge >= 0.3 is 0 Å². The van der Waals surface area contributed by atoms with Crippen molar-refractivity contribution in [3.05, 3.63) is 68.2 Å². The minimum atomic E-state index is -0.580. The molecule has 7 nitrogen and oxygen atoms in total. The van der Waals surface area contributed by atoms with Crippen LogP contribution in [0.25, 0.3) is 0 Å². The molecule has 1 saturated heterocycles. The number of likely N-dealkylation sites (tertiary alicyclic amines) is 1. The van der Waals surface area contributed by atoms with Crippen molar-refractivity contribution in [1.82, 2.24) is 4.90 Å². The van der Waals surface area contributed by atoms with Crippen molar-refractivity contribution in [2.24, 2.45) is 0 Å². The molecule has 9 heteroatoms. The van der Waals surface area contributed by atoms with E-state index in [-0.39, 0.29) is 23.9 Å². The summed E-state index contributed by atoms with van der Waals surface area (Å²) >= 11 is 11.9. The van der Waals surface area contributed by atoms with Gasteiger partial charge in [-0.1, -0.05) is 35.3 Å². The van der Waals surface area contributed by atoms with Crippen LogP contribution in [0, 0.1) is 10.1 Å².